The van der Waals surface area contributed by atoms with E-state index in [1.807, 2.05) is 6.29 Å². The highest BCUT2D eigenvalue weighted by atomic mass is 16.6. The fourth-order valence-corrected chi connectivity index (χ4v) is 2.44. The van der Waals surface area contributed by atoms with E-state index in [2.05, 4.69) is 12.2 Å². The summed E-state index contributed by atoms with van der Waals surface area (Å²) in [7, 11) is 0. The molecule has 4 nitrogen and oxygen atoms in total. The van der Waals surface area contributed by atoms with Gasteiger partial charge in [0.2, 0.25) is 6.54 Å². The van der Waals surface area contributed by atoms with Crippen LogP contribution < -0.4 is 0 Å². The van der Waals surface area contributed by atoms with Gasteiger partial charge in [-0.1, -0.05) is 50.7 Å². The second-order valence-corrected chi connectivity index (χ2v) is 5.89. The minimum atomic E-state index is -0.224. The van der Waals surface area contributed by atoms with Gasteiger partial charge in [-0.3, -0.25) is 14.9 Å². The lowest BCUT2D eigenvalue weighted by Gasteiger charge is -2.01. The zero-order valence-electron chi connectivity index (χ0n) is 13.9. The normalized spacial score (nSPS) is 11.1. The van der Waals surface area contributed by atoms with E-state index in [0.29, 0.717) is 6.42 Å². The van der Waals surface area contributed by atoms with E-state index in [-0.39, 0.29) is 11.5 Å². The average Bonchev–Trinajstić information content (AvgIpc) is 2.50. The van der Waals surface area contributed by atoms with Gasteiger partial charge in [-0.05, 0) is 38.5 Å². The van der Waals surface area contributed by atoms with Crippen LogP contribution in [0.25, 0.3) is 0 Å². The summed E-state index contributed by atoms with van der Waals surface area (Å²) in [4.78, 5) is 19.9. The zero-order valence-corrected chi connectivity index (χ0v) is 13.9. The highest BCUT2D eigenvalue weighted by Crippen LogP contribution is 2.11. The van der Waals surface area contributed by atoms with E-state index >= 15 is 0 Å². The van der Waals surface area contributed by atoms with Gasteiger partial charge in [0, 0.05) is 17.8 Å². The van der Waals surface area contributed by atoms with Crippen LogP contribution in [0, 0.1) is 10.1 Å². The summed E-state index contributed by atoms with van der Waals surface area (Å²) in [5.74, 6) is 0. The Balaban J connectivity index is 3.06. The number of allylic oxidation sites excluding steroid dienone is 2. The molecule has 0 fully saturated rings. The number of nitrogens with zero attached hydrogens (tertiary/aromatic N) is 1. The van der Waals surface area contributed by atoms with Crippen molar-refractivity contribution in [1.82, 2.24) is 0 Å². The van der Waals surface area contributed by atoms with Crippen LogP contribution in [0.5, 0.6) is 0 Å². The third-order valence-corrected chi connectivity index (χ3v) is 3.78. The van der Waals surface area contributed by atoms with Crippen LogP contribution in [0.2, 0.25) is 0 Å². The van der Waals surface area contributed by atoms with Crippen molar-refractivity contribution in [2.24, 2.45) is 0 Å². The van der Waals surface area contributed by atoms with Crippen molar-refractivity contribution in [3.05, 3.63) is 22.3 Å². The third kappa shape index (κ3) is 18.8. The van der Waals surface area contributed by atoms with Gasteiger partial charge in [0.1, 0.15) is 0 Å². The molecular formula is C18H32NO3. The van der Waals surface area contributed by atoms with Gasteiger partial charge in [-0.15, -0.1) is 0 Å². The van der Waals surface area contributed by atoms with Crippen LogP contribution in [0.4, 0.5) is 0 Å². The lowest BCUT2D eigenvalue weighted by Crippen LogP contribution is -1.99. The molecule has 22 heavy (non-hydrogen) atoms. The van der Waals surface area contributed by atoms with Crippen molar-refractivity contribution >= 4 is 6.29 Å². The van der Waals surface area contributed by atoms with E-state index in [1.165, 1.54) is 44.9 Å². The maximum Gasteiger partial charge on any atom is 0.203 e. The smallest absolute Gasteiger partial charge is 0.203 e. The van der Waals surface area contributed by atoms with Crippen molar-refractivity contribution in [3.63, 3.8) is 0 Å². The maximum atomic E-state index is 10.1. The molecule has 0 bridgehead atoms. The molecule has 0 aliphatic carbocycles. The summed E-state index contributed by atoms with van der Waals surface area (Å²) < 4.78 is 0. The molecule has 1 radical (unpaired) electrons. The standard InChI is InChI=1S/C18H32NO3/c20-18-16-14-12-10-8-6-4-2-1-3-5-7-9-11-13-15-17-19(21)22/h6,8H,1-5,7,9-17H2/b8-6-. The molecule has 0 aliphatic rings. The summed E-state index contributed by atoms with van der Waals surface area (Å²) in [6, 6.07) is 0. The minimum absolute atomic E-state index is 0.128. The maximum absolute atomic E-state index is 10.1. The van der Waals surface area contributed by atoms with Crippen molar-refractivity contribution in [2.45, 2.75) is 89.9 Å². The van der Waals surface area contributed by atoms with Crippen LogP contribution in [-0.4, -0.2) is 17.8 Å². The molecule has 0 heterocycles. The fraction of sp³-hybridized carbons (Fsp3) is 0.833. The van der Waals surface area contributed by atoms with Crippen LogP contribution in [0.1, 0.15) is 89.9 Å². The number of nitro groups is 1. The fourth-order valence-electron chi connectivity index (χ4n) is 2.44. The van der Waals surface area contributed by atoms with E-state index in [1.54, 1.807) is 0 Å². The Morgan fingerprint density at radius 1 is 0.727 bits per heavy atom. The van der Waals surface area contributed by atoms with E-state index in [4.69, 9.17) is 0 Å². The predicted octanol–water partition coefficient (Wildman–Crippen LogP) is 5.39. The van der Waals surface area contributed by atoms with E-state index < -0.39 is 0 Å². The van der Waals surface area contributed by atoms with Gasteiger partial charge in [0.15, 0.2) is 6.29 Å². The monoisotopic (exact) mass is 310 g/mol. The summed E-state index contributed by atoms with van der Waals surface area (Å²) in [5.41, 5.74) is 0. The van der Waals surface area contributed by atoms with Crippen LogP contribution in [-0.2, 0) is 4.79 Å². The summed E-state index contributed by atoms with van der Waals surface area (Å²) >= 11 is 0. The number of hydrogen-bond donors (Lipinski definition) is 0. The molecule has 4 heteroatoms. The van der Waals surface area contributed by atoms with E-state index in [0.717, 1.165) is 38.5 Å². The Labute approximate surface area is 135 Å². The number of hydrogen-bond acceptors (Lipinski definition) is 3. The summed E-state index contributed by atoms with van der Waals surface area (Å²) in [6.07, 6.45) is 21.8. The first kappa shape index (κ1) is 20.8. The average molecular weight is 310 g/mol. The number of unbranched alkanes of at least 4 members (excludes halogenated alkanes) is 12. The first-order chi connectivity index (χ1) is 10.8. The molecule has 127 valence electrons. The molecule has 0 aliphatic heterocycles. The Bertz CT molecular complexity index is 290. The molecule has 0 rings (SSSR count). The summed E-state index contributed by atoms with van der Waals surface area (Å²) in [6.45, 7) is 0.128. The van der Waals surface area contributed by atoms with Crippen molar-refractivity contribution in [3.8, 4) is 0 Å². The molecule has 0 aromatic carbocycles. The van der Waals surface area contributed by atoms with Gasteiger partial charge in [0.25, 0.3) is 0 Å². The van der Waals surface area contributed by atoms with Crippen LogP contribution in [0.15, 0.2) is 12.2 Å². The predicted molar refractivity (Wildman–Crippen MR) is 91.3 cm³/mol. The van der Waals surface area contributed by atoms with Gasteiger partial charge in [-0.2, -0.15) is 0 Å². The largest absolute Gasteiger partial charge is 0.291 e. The van der Waals surface area contributed by atoms with E-state index in [9.17, 15) is 14.9 Å². The lowest BCUT2D eigenvalue weighted by atomic mass is 10.1. The van der Waals surface area contributed by atoms with Gasteiger partial charge in [0.05, 0.1) is 0 Å². The second kappa shape index (κ2) is 17.9. The van der Waals surface area contributed by atoms with Crippen LogP contribution >= 0.6 is 0 Å². The van der Waals surface area contributed by atoms with Gasteiger partial charge >= 0.3 is 0 Å². The molecule has 0 saturated carbocycles. The van der Waals surface area contributed by atoms with Crippen molar-refractivity contribution < 1.29 is 9.72 Å². The molecular weight excluding hydrogens is 278 g/mol. The topological polar surface area (TPSA) is 60.2 Å². The minimum Gasteiger partial charge on any atom is -0.291 e. The zero-order chi connectivity index (χ0) is 16.3. The molecule has 0 atom stereocenters. The Hall–Kier alpha value is -1.19. The first-order valence-electron chi connectivity index (χ1n) is 8.89. The third-order valence-electron chi connectivity index (χ3n) is 3.78. The molecule has 0 unspecified atom stereocenters. The summed E-state index contributed by atoms with van der Waals surface area (Å²) in [5, 5.41) is 10.1. The quantitative estimate of drug-likeness (QED) is 0.157. The highest BCUT2D eigenvalue weighted by molar-refractivity contribution is 5.50. The van der Waals surface area contributed by atoms with Crippen molar-refractivity contribution in [2.75, 3.05) is 6.54 Å². The molecule has 0 saturated heterocycles. The highest BCUT2D eigenvalue weighted by Gasteiger charge is 1.96. The van der Waals surface area contributed by atoms with Gasteiger partial charge < -0.3 is 0 Å². The lowest BCUT2D eigenvalue weighted by molar-refractivity contribution is -0.480. The van der Waals surface area contributed by atoms with Crippen LogP contribution in [0.3, 0.4) is 0 Å². The second-order valence-electron chi connectivity index (χ2n) is 5.89. The molecule has 0 amide bonds. The Morgan fingerprint density at radius 3 is 1.68 bits per heavy atom. The number of carbonyl (C=O) groups excluding carboxylic acids is 1. The Kier molecular flexibility index (Phi) is 16.9. The number of rotatable bonds is 17. The van der Waals surface area contributed by atoms with Crippen molar-refractivity contribution in [1.29, 1.82) is 0 Å². The molecule has 0 aromatic heterocycles. The van der Waals surface area contributed by atoms with Gasteiger partial charge in [-0.25, -0.2) is 0 Å². The molecule has 0 spiro atoms. The first-order valence-corrected chi connectivity index (χ1v) is 8.89. The molecule has 0 N–H and O–H groups in total. The SMILES string of the molecule is O=[C]CCCC/C=C\CCCCCCCCCCC[N+](=O)[O-]. The molecule has 0 aromatic rings. The Morgan fingerprint density at radius 2 is 1.18 bits per heavy atom.